The molecule has 1 aromatic carbocycles. The van der Waals surface area contributed by atoms with Gasteiger partial charge in [-0.2, -0.15) is 0 Å². The lowest BCUT2D eigenvalue weighted by Crippen LogP contribution is -2.51. The summed E-state index contributed by atoms with van der Waals surface area (Å²) in [6.45, 7) is 5.50. The molecule has 138 valence electrons. The fraction of sp³-hybridized carbons (Fsp3) is 0.611. The molecule has 2 fully saturated rings. The summed E-state index contributed by atoms with van der Waals surface area (Å²) in [5.74, 6) is -3.89. The smallest absolute Gasteiger partial charge is 0.410 e. The highest BCUT2D eigenvalue weighted by molar-refractivity contribution is 5.69. The number of hydrogen-bond acceptors (Lipinski definition) is 3. The zero-order valence-electron chi connectivity index (χ0n) is 14.6. The molecular formula is C18H23F3N2O2. The van der Waals surface area contributed by atoms with Crippen molar-refractivity contribution >= 4 is 11.8 Å². The molecule has 1 aromatic rings. The molecule has 4 nitrogen and oxygen atoms in total. The number of anilines is 1. The molecule has 0 aliphatic carbocycles. The summed E-state index contributed by atoms with van der Waals surface area (Å²) in [7, 11) is 0. The maximum Gasteiger partial charge on any atom is 0.410 e. The molecule has 0 aromatic heterocycles. The molecular weight excluding hydrogens is 333 g/mol. The summed E-state index contributed by atoms with van der Waals surface area (Å²) in [6, 6.07) is 1.98. The topological polar surface area (TPSA) is 41.6 Å². The Labute approximate surface area is 145 Å². The van der Waals surface area contributed by atoms with Gasteiger partial charge >= 0.3 is 6.09 Å². The minimum atomic E-state index is -1.47. The summed E-state index contributed by atoms with van der Waals surface area (Å²) >= 11 is 0. The Morgan fingerprint density at radius 1 is 1.12 bits per heavy atom. The van der Waals surface area contributed by atoms with Gasteiger partial charge in [0, 0.05) is 35.9 Å². The molecule has 0 saturated carbocycles. The monoisotopic (exact) mass is 356 g/mol. The van der Waals surface area contributed by atoms with Gasteiger partial charge in [0.05, 0.1) is 0 Å². The van der Waals surface area contributed by atoms with Gasteiger partial charge in [-0.3, -0.25) is 0 Å². The van der Waals surface area contributed by atoms with Crippen molar-refractivity contribution in [3.8, 4) is 0 Å². The third kappa shape index (κ3) is 3.85. The number of benzene rings is 1. The van der Waals surface area contributed by atoms with E-state index in [-0.39, 0.29) is 29.9 Å². The van der Waals surface area contributed by atoms with E-state index < -0.39 is 23.1 Å². The molecule has 2 aliphatic heterocycles. The second-order valence-corrected chi connectivity index (χ2v) is 7.84. The van der Waals surface area contributed by atoms with Crippen molar-refractivity contribution in [2.24, 2.45) is 0 Å². The van der Waals surface area contributed by atoms with E-state index in [4.69, 9.17) is 4.74 Å². The maximum absolute atomic E-state index is 13.4. The summed E-state index contributed by atoms with van der Waals surface area (Å²) in [4.78, 5) is 14.2. The molecule has 2 atom stereocenters. The Morgan fingerprint density at radius 2 is 1.64 bits per heavy atom. The average molecular weight is 356 g/mol. The number of carbonyl (C=O) groups excluding carboxylic acids is 1. The third-order valence-corrected chi connectivity index (χ3v) is 4.69. The average Bonchev–Trinajstić information content (AvgIpc) is 2.75. The van der Waals surface area contributed by atoms with Crippen LogP contribution in [0.2, 0.25) is 0 Å². The van der Waals surface area contributed by atoms with Gasteiger partial charge in [-0.25, -0.2) is 18.0 Å². The lowest BCUT2D eigenvalue weighted by molar-refractivity contribution is 0.00683. The Balaban J connectivity index is 1.67. The van der Waals surface area contributed by atoms with E-state index in [2.05, 4.69) is 5.32 Å². The fourth-order valence-electron chi connectivity index (χ4n) is 3.78. The van der Waals surface area contributed by atoms with Gasteiger partial charge in [-0.05, 0) is 46.5 Å². The predicted molar refractivity (Wildman–Crippen MR) is 87.8 cm³/mol. The van der Waals surface area contributed by atoms with Gasteiger partial charge in [0.25, 0.3) is 0 Å². The second-order valence-electron chi connectivity index (χ2n) is 7.84. The van der Waals surface area contributed by atoms with Gasteiger partial charge in [0.2, 0.25) is 0 Å². The number of nitrogens with one attached hydrogen (secondary N) is 1. The minimum absolute atomic E-state index is 0.0274. The van der Waals surface area contributed by atoms with E-state index in [0.717, 1.165) is 25.0 Å². The lowest BCUT2D eigenvalue weighted by atomic mass is 9.97. The van der Waals surface area contributed by atoms with Crippen LogP contribution in [0.3, 0.4) is 0 Å². The summed E-state index contributed by atoms with van der Waals surface area (Å²) in [6.07, 6.45) is 2.78. The highest BCUT2D eigenvalue weighted by atomic mass is 19.2. The molecule has 2 heterocycles. The molecule has 25 heavy (non-hydrogen) atoms. The summed E-state index contributed by atoms with van der Waals surface area (Å²) in [5.41, 5.74) is -0.332. The Bertz CT molecular complexity index is 638. The number of amides is 1. The van der Waals surface area contributed by atoms with E-state index in [0.29, 0.717) is 12.8 Å². The molecule has 1 amide bonds. The van der Waals surface area contributed by atoms with Crippen molar-refractivity contribution in [3.63, 3.8) is 0 Å². The molecule has 2 unspecified atom stereocenters. The van der Waals surface area contributed by atoms with Gasteiger partial charge in [-0.1, -0.05) is 0 Å². The van der Waals surface area contributed by atoms with E-state index >= 15 is 0 Å². The quantitative estimate of drug-likeness (QED) is 0.796. The molecule has 3 rings (SSSR count). The molecule has 7 heteroatoms. The van der Waals surface area contributed by atoms with E-state index in [9.17, 15) is 18.0 Å². The molecule has 2 saturated heterocycles. The Morgan fingerprint density at radius 3 is 2.12 bits per heavy atom. The van der Waals surface area contributed by atoms with Crippen molar-refractivity contribution < 1.29 is 22.7 Å². The fourth-order valence-corrected chi connectivity index (χ4v) is 3.78. The minimum Gasteiger partial charge on any atom is -0.444 e. The number of carbonyl (C=O) groups is 1. The van der Waals surface area contributed by atoms with Gasteiger partial charge < -0.3 is 15.0 Å². The van der Waals surface area contributed by atoms with E-state index in [1.165, 1.54) is 0 Å². The number of rotatable bonds is 2. The van der Waals surface area contributed by atoms with Crippen LogP contribution in [0.25, 0.3) is 0 Å². The summed E-state index contributed by atoms with van der Waals surface area (Å²) in [5, 5.41) is 3.07. The van der Waals surface area contributed by atoms with Crippen LogP contribution in [0.4, 0.5) is 23.7 Å². The van der Waals surface area contributed by atoms with Crippen molar-refractivity contribution in [3.05, 3.63) is 29.6 Å². The van der Waals surface area contributed by atoms with Crippen molar-refractivity contribution in [1.29, 1.82) is 0 Å². The number of ether oxygens (including phenoxy) is 1. The highest BCUT2D eigenvalue weighted by Crippen LogP contribution is 2.38. The van der Waals surface area contributed by atoms with Crippen LogP contribution in [0.5, 0.6) is 0 Å². The highest BCUT2D eigenvalue weighted by Gasteiger charge is 2.44. The van der Waals surface area contributed by atoms with Crippen molar-refractivity contribution in [2.75, 3.05) is 5.32 Å². The summed E-state index contributed by atoms with van der Waals surface area (Å²) < 4.78 is 45.3. The standard InChI is InChI=1S/C18H23F3N2O2/c1-18(2,3)25-17(24)23-12-4-5-13(23)7-10(6-12)22-11-8-14(19)16(21)15(20)9-11/h8-10,12-13,22H,4-7H2,1-3H3. The molecule has 2 bridgehead atoms. The molecule has 2 aliphatic rings. The third-order valence-electron chi connectivity index (χ3n) is 4.69. The Hall–Kier alpha value is -1.92. The molecule has 0 radical (unpaired) electrons. The van der Waals surface area contributed by atoms with E-state index in [1.54, 1.807) is 4.90 Å². The number of halogens is 3. The maximum atomic E-state index is 13.4. The molecule has 1 N–H and O–H groups in total. The first-order valence-electron chi connectivity index (χ1n) is 8.56. The van der Waals surface area contributed by atoms with Crippen LogP contribution in [0.1, 0.15) is 46.5 Å². The van der Waals surface area contributed by atoms with Crippen LogP contribution in [0, 0.1) is 17.5 Å². The molecule has 0 spiro atoms. The zero-order chi connectivity index (χ0) is 18.4. The number of hydrogen-bond donors (Lipinski definition) is 1. The zero-order valence-corrected chi connectivity index (χ0v) is 14.6. The van der Waals surface area contributed by atoms with Crippen molar-refractivity contribution in [1.82, 2.24) is 4.90 Å². The predicted octanol–water partition coefficient (Wildman–Crippen LogP) is 4.45. The first kappa shape index (κ1) is 17.9. The number of nitrogens with zero attached hydrogens (tertiary/aromatic N) is 1. The van der Waals surface area contributed by atoms with Crippen LogP contribution in [0.15, 0.2) is 12.1 Å². The van der Waals surface area contributed by atoms with Gasteiger partial charge in [0.15, 0.2) is 17.5 Å². The van der Waals surface area contributed by atoms with Crippen LogP contribution >= 0.6 is 0 Å². The Kier molecular flexibility index (Phi) is 4.60. The number of fused-ring (bicyclic) bond motifs is 2. The van der Waals surface area contributed by atoms with Crippen LogP contribution in [-0.2, 0) is 4.74 Å². The first-order valence-corrected chi connectivity index (χ1v) is 8.56. The normalized spacial score (nSPS) is 25.8. The van der Waals surface area contributed by atoms with Crippen LogP contribution < -0.4 is 5.32 Å². The first-order chi connectivity index (χ1) is 11.6. The SMILES string of the molecule is CC(C)(C)OC(=O)N1C2CCC1CC(Nc1cc(F)c(F)c(F)c1)C2. The number of piperidine rings is 1. The van der Waals surface area contributed by atoms with Crippen molar-refractivity contribution in [2.45, 2.75) is 70.2 Å². The van der Waals surface area contributed by atoms with Gasteiger partial charge in [-0.15, -0.1) is 0 Å². The largest absolute Gasteiger partial charge is 0.444 e. The van der Waals surface area contributed by atoms with Crippen LogP contribution in [-0.4, -0.2) is 34.7 Å². The lowest BCUT2D eigenvalue weighted by Gasteiger charge is -2.40. The van der Waals surface area contributed by atoms with Gasteiger partial charge in [0.1, 0.15) is 5.60 Å². The van der Waals surface area contributed by atoms with E-state index in [1.807, 2.05) is 20.8 Å². The second kappa shape index (κ2) is 6.42.